The molecule has 6 heteroatoms. The second-order valence-electron chi connectivity index (χ2n) is 6.77. The lowest BCUT2D eigenvalue weighted by molar-refractivity contribution is -0.122. The molecule has 0 unspecified atom stereocenters. The molecule has 0 radical (unpaired) electrons. The van der Waals surface area contributed by atoms with Crippen LogP contribution in [0.5, 0.6) is 0 Å². The van der Waals surface area contributed by atoms with Crippen molar-refractivity contribution >= 4 is 11.9 Å². The van der Waals surface area contributed by atoms with Crippen molar-refractivity contribution in [3.8, 4) is 0 Å². The molecule has 0 spiro atoms. The number of nitrogens with zero attached hydrogens (tertiary/aromatic N) is 1. The monoisotopic (exact) mass is 296 g/mol. The number of carbonyl (C=O) groups is 2. The fraction of sp³-hybridized carbons (Fsp3) is 0.867. The summed E-state index contributed by atoms with van der Waals surface area (Å²) in [4.78, 5) is 26.0. The van der Waals surface area contributed by atoms with E-state index < -0.39 is 0 Å². The summed E-state index contributed by atoms with van der Waals surface area (Å²) >= 11 is 0. The van der Waals surface area contributed by atoms with Crippen molar-refractivity contribution in [2.45, 2.75) is 57.5 Å². The Balaban J connectivity index is 1.74. The van der Waals surface area contributed by atoms with E-state index in [1.807, 2.05) is 0 Å². The molecule has 1 aliphatic heterocycles. The van der Waals surface area contributed by atoms with Gasteiger partial charge in [-0.25, -0.2) is 4.79 Å². The van der Waals surface area contributed by atoms with Crippen LogP contribution in [0.3, 0.4) is 0 Å². The van der Waals surface area contributed by atoms with Gasteiger partial charge in [-0.15, -0.1) is 0 Å². The van der Waals surface area contributed by atoms with Crippen LogP contribution < -0.4 is 16.0 Å². The van der Waals surface area contributed by atoms with Crippen LogP contribution in [0.1, 0.15) is 46.0 Å². The van der Waals surface area contributed by atoms with Crippen molar-refractivity contribution in [3.63, 3.8) is 0 Å². The second kappa shape index (κ2) is 7.22. The molecule has 1 heterocycles. The zero-order chi connectivity index (χ0) is 15.3. The normalized spacial score (nSPS) is 23.5. The topological polar surface area (TPSA) is 73.5 Å². The first-order valence-electron chi connectivity index (χ1n) is 8.03. The predicted octanol–water partition coefficient (Wildman–Crippen LogP) is 0.829. The highest BCUT2D eigenvalue weighted by Crippen LogP contribution is 2.17. The Hall–Kier alpha value is -1.14. The number of nitrogens with one attached hydrogen (secondary N) is 3. The lowest BCUT2D eigenvalue weighted by Crippen LogP contribution is -2.60. The minimum Gasteiger partial charge on any atom is -0.335 e. The Bertz CT molecular complexity index is 378. The number of amides is 3. The van der Waals surface area contributed by atoms with Gasteiger partial charge in [0.15, 0.2) is 0 Å². The third kappa shape index (κ3) is 4.97. The van der Waals surface area contributed by atoms with Crippen molar-refractivity contribution in [1.29, 1.82) is 0 Å². The van der Waals surface area contributed by atoms with E-state index in [1.54, 1.807) is 0 Å². The van der Waals surface area contributed by atoms with Gasteiger partial charge in [0.25, 0.3) is 0 Å². The lowest BCUT2D eigenvalue weighted by Gasteiger charge is -2.42. The molecule has 1 saturated carbocycles. The number of imide groups is 1. The highest BCUT2D eigenvalue weighted by Gasteiger charge is 2.31. The maximum absolute atomic E-state index is 12.0. The summed E-state index contributed by atoms with van der Waals surface area (Å²) in [6, 6.07) is -0.123. The molecule has 0 bridgehead atoms. The molecular formula is C15H28N4O2. The molecular weight excluding hydrogens is 268 g/mol. The fourth-order valence-corrected chi connectivity index (χ4v) is 3.12. The van der Waals surface area contributed by atoms with Gasteiger partial charge in [-0.1, -0.05) is 19.3 Å². The van der Waals surface area contributed by atoms with E-state index in [-0.39, 0.29) is 30.1 Å². The zero-order valence-corrected chi connectivity index (χ0v) is 13.2. The Morgan fingerprint density at radius 2 is 1.95 bits per heavy atom. The average Bonchev–Trinajstić information content (AvgIpc) is 2.42. The molecule has 21 heavy (non-hydrogen) atoms. The molecule has 0 atom stereocenters. The van der Waals surface area contributed by atoms with Gasteiger partial charge in [-0.3, -0.25) is 15.0 Å². The van der Waals surface area contributed by atoms with Crippen LogP contribution in [0.2, 0.25) is 0 Å². The Morgan fingerprint density at radius 3 is 2.62 bits per heavy atom. The van der Waals surface area contributed by atoms with Crippen LogP contribution in [-0.4, -0.2) is 54.6 Å². The van der Waals surface area contributed by atoms with E-state index in [2.05, 4.69) is 34.7 Å². The lowest BCUT2D eigenvalue weighted by atomic mass is 9.96. The number of hydrogen-bond donors (Lipinski definition) is 3. The van der Waals surface area contributed by atoms with Gasteiger partial charge < -0.3 is 10.6 Å². The molecule has 2 rings (SSSR count). The summed E-state index contributed by atoms with van der Waals surface area (Å²) in [6.07, 6.45) is 5.61. The molecule has 0 aromatic rings. The minimum absolute atomic E-state index is 0.0601. The summed E-state index contributed by atoms with van der Waals surface area (Å²) in [5, 5.41) is 8.69. The number of carbonyl (C=O) groups excluding carboxylic acids is 2. The maximum Gasteiger partial charge on any atom is 0.321 e. The molecule has 2 fully saturated rings. The largest absolute Gasteiger partial charge is 0.335 e. The summed E-state index contributed by atoms with van der Waals surface area (Å²) in [7, 11) is 0. The third-order valence-electron chi connectivity index (χ3n) is 4.50. The van der Waals surface area contributed by atoms with Gasteiger partial charge in [0, 0.05) is 31.2 Å². The molecule has 0 aromatic heterocycles. The zero-order valence-electron chi connectivity index (χ0n) is 13.2. The molecule has 3 N–H and O–H groups in total. The van der Waals surface area contributed by atoms with Gasteiger partial charge in [0.05, 0.1) is 6.54 Å². The Kier molecular flexibility index (Phi) is 5.58. The summed E-state index contributed by atoms with van der Waals surface area (Å²) < 4.78 is 0. The minimum atomic E-state index is -0.347. The van der Waals surface area contributed by atoms with Crippen molar-refractivity contribution in [1.82, 2.24) is 20.9 Å². The van der Waals surface area contributed by atoms with Crippen molar-refractivity contribution in [2.24, 2.45) is 0 Å². The molecule has 3 amide bonds. The summed E-state index contributed by atoms with van der Waals surface area (Å²) in [5.41, 5.74) is -0.0601. The van der Waals surface area contributed by atoms with Crippen molar-refractivity contribution < 1.29 is 9.59 Å². The quantitative estimate of drug-likeness (QED) is 0.721. The van der Waals surface area contributed by atoms with Gasteiger partial charge in [0.2, 0.25) is 5.91 Å². The van der Waals surface area contributed by atoms with Crippen LogP contribution in [0.15, 0.2) is 0 Å². The molecule has 0 aromatic carbocycles. The third-order valence-corrected chi connectivity index (χ3v) is 4.50. The summed E-state index contributed by atoms with van der Waals surface area (Å²) in [6.45, 7) is 7.04. The number of hydrogen-bond acceptors (Lipinski definition) is 4. The van der Waals surface area contributed by atoms with Crippen molar-refractivity contribution in [3.05, 3.63) is 0 Å². The second-order valence-corrected chi connectivity index (χ2v) is 6.77. The number of rotatable bonds is 3. The van der Waals surface area contributed by atoms with E-state index in [9.17, 15) is 9.59 Å². The van der Waals surface area contributed by atoms with E-state index in [1.165, 1.54) is 6.42 Å². The van der Waals surface area contributed by atoms with Crippen LogP contribution in [-0.2, 0) is 4.79 Å². The molecule has 6 nitrogen and oxygen atoms in total. The first-order chi connectivity index (χ1) is 9.97. The van der Waals surface area contributed by atoms with Gasteiger partial charge in [-0.05, 0) is 26.7 Å². The standard InChI is InChI=1S/C15H28N4O2/c1-15(2)11-16-8-9-19(15)10-13(20)18-14(21)17-12-6-4-3-5-7-12/h12,16H,3-11H2,1-2H3,(H2,17,18,20,21). The highest BCUT2D eigenvalue weighted by molar-refractivity contribution is 5.95. The van der Waals surface area contributed by atoms with Crippen molar-refractivity contribution in [2.75, 3.05) is 26.2 Å². The molecule has 1 aliphatic carbocycles. The van der Waals surface area contributed by atoms with E-state index in [0.29, 0.717) is 0 Å². The fourth-order valence-electron chi connectivity index (χ4n) is 3.12. The van der Waals surface area contributed by atoms with E-state index in [0.717, 1.165) is 45.3 Å². The van der Waals surface area contributed by atoms with Gasteiger partial charge in [-0.2, -0.15) is 0 Å². The van der Waals surface area contributed by atoms with Crippen LogP contribution in [0.25, 0.3) is 0 Å². The van der Waals surface area contributed by atoms with Crippen LogP contribution >= 0.6 is 0 Å². The van der Waals surface area contributed by atoms with Crippen LogP contribution in [0, 0.1) is 0 Å². The molecule has 1 saturated heterocycles. The highest BCUT2D eigenvalue weighted by atomic mass is 16.2. The number of urea groups is 1. The van der Waals surface area contributed by atoms with E-state index in [4.69, 9.17) is 0 Å². The average molecular weight is 296 g/mol. The smallest absolute Gasteiger partial charge is 0.321 e. The summed E-state index contributed by atoms with van der Waals surface area (Å²) in [5.74, 6) is -0.224. The van der Waals surface area contributed by atoms with Gasteiger partial charge in [0.1, 0.15) is 0 Å². The Morgan fingerprint density at radius 1 is 1.24 bits per heavy atom. The van der Waals surface area contributed by atoms with Crippen LogP contribution in [0.4, 0.5) is 4.79 Å². The Labute approximate surface area is 127 Å². The number of piperazine rings is 1. The first-order valence-corrected chi connectivity index (χ1v) is 8.03. The van der Waals surface area contributed by atoms with E-state index >= 15 is 0 Å². The maximum atomic E-state index is 12.0. The molecule has 120 valence electrons. The first kappa shape index (κ1) is 16.2. The molecule has 2 aliphatic rings. The van der Waals surface area contributed by atoms with Gasteiger partial charge >= 0.3 is 6.03 Å². The SMILES string of the molecule is CC1(C)CNCCN1CC(=O)NC(=O)NC1CCCCC1. The predicted molar refractivity (Wildman–Crippen MR) is 82.1 cm³/mol.